The fourth-order valence-electron chi connectivity index (χ4n) is 4.44. The number of aromatic nitrogens is 1. The Kier molecular flexibility index (Phi) is 10.3. The Morgan fingerprint density at radius 2 is 1.71 bits per heavy atom. The molecule has 0 spiro atoms. The third-order valence-corrected chi connectivity index (χ3v) is 9.56. The Bertz CT molecular complexity index is 1490. The summed E-state index contributed by atoms with van der Waals surface area (Å²) in [5.74, 6) is -0.505. The third kappa shape index (κ3) is 7.30. The van der Waals surface area contributed by atoms with Crippen molar-refractivity contribution in [2.75, 3.05) is 13.2 Å². The molecule has 9 nitrogen and oxygen atoms in total. The molecule has 2 atom stereocenters. The van der Waals surface area contributed by atoms with Crippen LogP contribution in [0.3, 0.4) is 0 Å². The molecule has 2 heterocycles. The van der Waals surface area contributed by atoms with Crippen molar-refractivity contribution in [2.24, 2.45) is 5.92 Å². The minimum atomic E-state index is -3.92. The van der Waals surface area contributed by atoms with Gasteiger partial charge in [-0.05, 0) is 55.0 Å². The van der Waals surface area contributed by atoms with Crippen molar-refractivity contribution in [3.63, 3.8) is 0 Å². The molecular formula is C28H28Cl2F2N2O7S. The van der Waals surface area contributed by atoms with Gasteiger partial charge in [0.2, 0.25) is 10.0 Å². The van der Waals surface area contributed by atoms with Crippen LogP contribution in [0.1, 0.15) is 36.5 Å². The van der Waals surface area contributed by atoms with Gasteiger partial charge < -0.3 is 19.7 Å². The lowest BCUT2D eigenvalue weighted by molar-refractivity contribution is -0.377. The highest BCUT2D eigenvalue weighted by Crippen LogP contribution is 2.38. The molecule has 0 amide bonds. The van der Waals surface area contributed by atoms with Gasteiger partial charge in [-0.1, -0.05) is 47.5 Å². The van der Waals surface area contributed by atoms with Crippen LogP contribution in [-0.4, -0.2) is 50.0 Å². The highest BCUT2D eigenvalue weighted by atomic mass is 35.5. The van der Waals surface area contributed by atoms with E-state index in [9.17, 15) is 22.0 Å². The highest BCUT2D eigenvalue weighted by molar-refractivity contribution is 7.89. The maximum Gasteiger partial charge on any atom is 0.387 e. The van der Waals surface area contributed by atoms with Gasteiger partial charge in [0.1, 0.15) is 22.2 Å². The van der Waals surface area contributed by atoms with E-state index in [0.717, 1.165) is 17.1 Å². The number of ether oxygens (including phenoxy) is 3. The van der Waals surface area contributed by atoms with Crippen molar-refractivity contribution in [1.29, 1.82) is 0 Å². The summed E-state index contributed by atoms with van der Waals surface area (Å²) in [6.45, 7) is -2.58. The first-order valence-corrected chi connectivity index (χ1v) is 15.2. The molecule has 3 aromatic rings. The van der Waals surface area contributed by atoms with E-state index in [2.05, 4.69) is 9.72 Å². The fourth-order valence-corrected chi connectivity index (χ4v) is 6.62. The molecule has 1 aliphatic heterocycles. The van der Waals surface area contributed by atoms with Gasteiger partial charge in [0.25, 0.3) is 0 Å². The molecule has 2 aromatic carbocycles. The number of hydrogen-bond acceptors (Lipinski definition) is 7. The van der Waals surface area contributed by atoms with Crippen LogP contribution >= 0.6 is 23.2 Å². The second-order valence-electron chi connectivity index (χ2n) is 9.83. The molecule has 2 fully saturated rings. The Balaban J connectivity index is 0.00000405. The lowest BCUT2D eigenvalue weighted by Crippen LogP contribution is -2.55. The molecular weight excluding hydrogens is 617 g/mol. The van der Waals surface area contributed by atoms with E-state index in [-0.39, 0.29) is 41.3 Å². The third-order valence-electron chi connectivity index (χ3n) is 6.96. The van der Waals surface area contributed by atoms with Gasteiger partial charge in [0, 0.05) is 18.5 Å². The molecule has 226 valence electrons. The number of H-pyrrole nitrogens is 1. The van der Waals surface area contributed by atoms with E-state index < -0.39 is 34.7 Å². The molecule has 1 saturated heterocycles. The van der Waals surface area contributed by atoms with Crippen molar-refractivity contribution < 1.29 is 46.7 Å². The zero-order chi connectivity index (χ0) is 29.1. The first kappa shape index (κ1) is 31.9. The van der Waals surface area contributed by atoms with Gasteiger partial charge in [-0.25, -0.2) is 13.4 Å². The normalized spacial score (nSPS) is 17.6. The SMILES string of the molecule is O=C(O[C@@H](Cc1c(Cl)c[nH+]cc1Cl)c1ccc(OC(F)F)c(OCC2CC2)c1)[C@@H]1CCN1S(=O)(=O)c1ccccc1.[OH-]. The number of aromatic amines is 1. The second-order valence-corrected chi connectivity index (χ2v) is 12.5. The predicted molar refractivity (Wildman–Crippen MR) is 148 cm³/mol. The van der Waals surface area contributed by atoms with Gasteiger partial charge in [0.15, 0.2) is 23.9 Å². The first-order chi connectivity index (χ1) is 19.6. The Hall–Kier alpha value is -3.03. The van der Waals surface area contributed by atoms with Gasteiger partial charge in [-0.2, -0.15) is 13.1 Å². The minimum absolute atomic E-state index is 0. The summed E-state index contributed by atoms with van der Waals surface area (Å²) in [7, 11) is -3.92. The maximum atomic E-state index is 13.4. The molecule has 2 N–H and O–H groups in total. The molecule has 1 saturated carbocycles. The summed E-state index contributed by atoms with van der Waals surface area (Å²) < 4.78 is 69.9. The number of sulfonamides is 1. The van der Waals surface area contributed by atoms with Crippen molar-refractivity contribution in [1.82, 2.24) is 4.31 Å². The largest absolute Gasteiger partial charge is 0.870 e. The van der Waals surface area contributed by atoms with E-state index in [0.29, 0.717) is 33.7 Å². The second kappa shape index (κ2) is 13.5. The number of halogens is 4. The van der Waals surface area contributed by atoms with Crippen molar-refractivity contribution >= 4 is 39.2 Å². The molecule has 42 heavy (non-hydrogen) atoms. The van der Waals surface area contributed by atoms with Crippen molar-refractivity contribution in [3.8, 4) is 11.5 Å². The standard InChI is InChI=1S/C28H26Cl2F2N2O6S.H2O/c29-21-14-33-15-22(30)20(21)13-25(18-8-9-24(40-28(31)32)26(12-18)38-16-17-6-7-17)39-27(35)23-10-11-34(23)41(36,37)19-4-2-1-3-5-19;/h1-5,8-9,12,14-15,17,23,25,28H,6-7,10-11,13,16H2;1H2/t23-,25-;/m0./s1. The predicted octanol–water partition coefficient (Wildman–Crippen LogP) is 5.31. The van der Waals surface area contributed by atoms with Crippen LogP contribution < -0.4 is 14.5 Å². The number of carbonyl (C=O) groups is 1. The summed E-state index contributed by atoms with van der Waals surface area (Å²) >= 11 is 12.8. The number of rotatable bonds is 12. The Labute approximate surface area is 251 Å². The Morgan fingerprint density at radius 1 is 1.02 bits per heavy atom. The molecule has 5 rings (SSSR count). The molecule has 0 bridgehead atoms. The molecule has 1 aliphatic carbocycles. The van der Waals surface area contributed by atoms with Crippen LogP contribution in [0, 0.1) is 5.92 Å². The van der Waals surface area contributed by atoms with Crippen LogP contribution in [-0.2, 0) is 26.0 Å². The summed E-state index contributed by atoms with van der Waals surface area (Å²) in [4.78, 5) is 16.3. The number of carbonyl (C=O) groups excluding carboxylic acids is 1. The van der Waals surface area contributed by atoms with Crippen molar-refractivity contribution in [2.45, 2.75) is 49.3 Å². The van der Waals surface area contributed by atoms with Gasteiger partial charge in [-0.15, -0.1) is 0 Å². The summed E-state index contributed by atoms with van der Waals surface area (Å²) in [6.07, 6.45) is 4.29. The monoisotopic (exact) mass is 644 g/mol. The van der Waals surface area contributed by atoms with E-state index >= 15 is 0 Å². The average Bonchev–Trinajstić information content (AvgIpc) is 3.73. The minimum Gasteiger partial charge on any atom is -0.870 e. The van der Waals surface area contributed by atoms with Gasteiger partial charge in [0.05, 0.1) is 11.5 Å². The summed E-state index contributed by atoms with van der Waals surface area (Å²) in [5.41, 5.74) is 0.878. The number of alkyl halides is 2. The molecule has 2 aliphatic rings. The van der Waals surface area contributed by atoms with Crippen molar-refractivity contribution in [3.05, 3.63) is 82.1 Å². The smallest absolute Gasteiger partial charge is 0.387 e. The number of esters is 1. The number of pyridine rings is 1. The van der Waals surface area contributed by atoms with E-state index in [1.54, 1.807) is 18.2 Å². The zero-order valence-corrected chi connectivity index (χ0v) is 24.4. The number of hydrogen-bond donors (Lipinski definition) is 0. The quantitative estimate of drug-likeness (QED) is 0.245. The van der Waals surface area contributed by atoms with E-state index in [1.165, 1.54) is 42.7 Å². The lowest BCUT2D eigenvalue weighted by Gasteiger charge is -2.38. The van der Waals surface area contributed by atoms with Gasteiger partial charge in [-0.3, -0.25) is 4.79 Å². The fraction of sp³-hybridized carbons (Fsp3) is 0.357. The number of benzene rings is 2. The van der Waals surface area contributed by atoms with E-state index in [4.69, 9.17) is 32.7 Å². The average molecular weight is 646 g/mol. The number of nitrogens with zero attached hydrogens (tertiary/aromatic N) is 1. The topological polar surface area (TPSA) is 126 Å². The van der Waals surface area contributed by atoms with Crippen LogP contribution in [0.15, 0.2) is 65.8 Å². The molecule has 0 unspecified atom stereocenters. The maximum absolute atomic E-state index is 13.4. The Morgan fingerprint density at radius 3 is 2.31 bits per heavy atom. The van der Waals surface area contributed by atoms with E-state index in [1.807, 2.05) is 0 Å². The highest BCUT2D eigenvalue weighted by Gasteiger charge is 2.44. The van der Waals surface area contributed by atoms with Crippen LogP contribution in [0.4, 0.5) is 8.78 Å². The summed E-state index contributed by atoms with van der Waals surface area (Å²) in [6, 6.07) is 11.1. The van der Waals surface area contributed by atoms with Crippen LogP contribution in [0.5, 0.6) is 11.5 Å². The summed E-state index contributed by atoms with van der Waals surface area (Å²) in [5, 5.41) is 0.580. The van der Waals surface area contributed by atoms with Gasteiger partial charge >= 0.3 is 12.6 Å². The molecule has 14 heteroatoms. The number of nitrogens with one attached hydrogen (secondary N) is 1. The lowest BCUT2D eigenvalue weighted by atomic mass is 10.0. The zero-order valence-electron chi connectivity index (χ0n) is 22.1. The first-order valence-electron chi connectivity index (χ1n) is 13.0. The van der Waals surface area contributed by atoms with Crippen LogP contribution in [0.25, 0.3) is 0 Å². The van der Waals surface area contributed by atoms with Crippen LogP contribution in [0.2, 0.25) is 10.0 Å². The molecule has 1 aromatic heterocycles. The molecule has 0 radical (unpaired) electrons.